The van der Waals surface area contributed by atoms with Crippen LogP contribution < -0.4 is 10.1 Å². The van der Waals surface area contributed by atoms with Crippen molar-refractivity contribution in [2.75, 3.05) is 12.4 Å². The number of nitro benzene ring substituents is 1. The Morgan fingerprint density at radius 1 is 1.32 bits per heavy atom. The Kier molecular flexibility index (Phi) is 4.71. The van der Waals surface area contributed by atoms with Crippen molar-refractivity contribution < 1.29 is 18.8 Å². The van der Waals surface area contributed by atoms with E-state index in [2.05, 4.69) is 21.2 Å². The van der Waals surface area contributed by atoms with Gasteiger partial charge in [-0.15, -0.1) is 0 Å². The molecule has 0 saturated heterocycles. The zero-order chi connectivity index (χ0) is 16.3. The number of non-ortho nitro benzene ring substituents is 1. The molecule has 0 aromatic heterocycles. The molecule has 0 bridgehead atoms. The van der Waals surface area contributed by atoms with Crippen LogP contribution in [-0.4, -0.2) is 17.9 Å². The minimum atomic E-state index is -0.766. The van der Waals surface area contributed by atoms with Crippen LogP contribution in [0.1, 0.15) is 10.4 Å². The number of amides is 1. The smallest absolute Gasteiger partial charge is 0.271 e. The molecule has 2 aromatic rings. The summed E-state index contributed by atoms with van der Waals surface area (Å²) in [6.07, 6.45) is 0. The second-order valence-electron chi connectivity index (χ2n) is 4.22. The summed E-state index contributed by atoms with van der Waals surface area (Å²) in [7, 11) is 1.45. The van der Waals surface area contributed by atoms with Gasteiger partial charge in [0.15, 0.2) is 0 Å². The van der Waals surface area contributed by atoms with Crippen molar-refractivity contribution >= 4 is 33.2 Å². The number of anilines is 1. The molecule has 22 heavy (non-hydrogen) atoms. The zero-order valence-corrected chi connectivity index (χ0v) is 12.9. The van der Waals surface area contributed by atoms with E-state index in [-0.39, 0.29) is 16.9 Å². The predicted molar refractivity (Wildman–Crippen MR) is 81.7 cm³/mol. The lowest BCUT2D eigenvalue weighted by Crippen LogP contribution is -2.14. The average molecular weight is 369 g/mol. The molecule has 0 unspecified atom stereocenters. The summed E-state index contributed by atoms with van der Waals surface area (Å²) < 4.78 is 19.2. The molecule has 1 N–H and O–H groups in total. The van der Waals surface area contributed by atoms with E-state index < -0.39 is 16.6 Å². The maximum absolute atomic E-state index is 13.7. The number of hydrogen-bond donors (Lipinski definition) is 1. The highest BCUT2D eigenvalue weighted by Gasteiger charge is 2.16. The van der Waals surface area contributed by atoms with Crippen molar-refractivity contribution in [2.24, 2.45) is 0 Å². The fourth-order valence-electron chi connectivity index (χ4n) is 1.72. The molecule has 1 amide bonds. The van der Waals surface area contributed by atoms with Gasteiger partial charge in [-0.05, 0) is 40.2 Å². The Labute approximate surface area is 133 Å². The molecular formula is C14H10BrFN2O4. The van der Waals surface area contributed by atoms with Crippen molar-refractivity contribution in [3.63, 3.8) is 0 Å². The Hall–Kier alpha value is -2.48. The molecule has 0 fully saturated rings. The third-order valence-electron chi connectivity index (χ3n) is 2.83. The lowest BCUT2D eigenvalue weighted by Gasteiger charge is -2.09. The number of methoxy groups -OCH3 is 1. The molecule has 0 radical (unpaired) electrons. The standard InChI is InChI=1S/C14H10BrFN2O4/c1-22-9-3-4-11(15)10(7-9)14(19)17-13-6-8(18(20)21)2-5-12(13)16/h2-7H,1H3,(H,17,19). The summed E-state index contributed by atoms with van der Waals surface area (Å²) in [5.74, 6) is -0.934. The molecule has 2 aromatic carbocycles. The lowest BCUT2D eigenvalue weighted by atomic mass is 10.2. The highest BCUT2D eigenvalue weighted by molar-refractivity contribution is 9.10. The third-order valence-corrected chi connectivity index (χ3v) is 3.52. The van der Waals surface area contributed by atoms with Crippen molar-refractivity contribution in [2.45, 2.75) is 0 Å². The fraction of sp³-hybridized carbons (Fsp3) is 0.0714. The number of hydrogen-bond acceptors (Lipinski definition) is 4. The van der Waals surface area contributed by atoms with Gasteiger partial charge in [0.2, 0.25) is 0 Å². The molecule has 0 aliphatic heterocycles. The van der Waals surface area contributed by atoms with Gasteiger partial charge in [0.1, 0.15) is 11.6 Å². The van der Waals surface area contributed by atoms with Crippen molar-refractivity contribution in [3.8, 4) is 5.75 Å². The molecule has 0 atom stereocenters. The largest absolute Gasteiger partial charge is 0.497 e. The predicted octanol–water partition coefficient (Wildman–Crippen LogP) is 3.76. The minimum absolute atomic E-state index is 0.213. The van der Waals surface area contributed by atoms with E-state index in [9.17, 15) is 19.3 Å². The molecule has 0 heterocycles. The molecule has 6 nitrogen and oxygen atoms in total. The summed E-state index contributed by atoms with van der Waals surface area (Å²) in [6, 6.07) is 7.63. The van der Waals surface area contributed by atoms with Gasteiger partial charge < -0.3 is 10.1 Å². The number of carbonyl (C=O) groups excluding carboxylic acids is 1. The second-order valence-corrected chi connectivity index (χ2v) is 5.08. The molecular weight excluding hydrogens is 359 g/mol. The monoisotopic (exact) mass is 368 g/mol. The quantitative estimate of drug-likeness (QED) is 0.657. The van der Waals surface area contributed by atoms with Crippen LogP contribution in [0, 0.1) is 15.9 Å². The van der Waals surface area contributed by atoms with E-state index in [4.69, 9.17) is 4.74 Å². The zero-order valence-electron chi connectivity index (χ0n) is 11.3. The molecule has 0 saturated carbocycles. The van der Waals surface area contributed by atoms with Crippen LogP contribution in [0.5, 0.6) is 5.75 Å². The van der Waals surface area contributed by atoms with E-state index in [1.807, 2.05) is 0 Å². The summed E-state index contributed by atoms with van der Waals surface area (Å²) in [4.78, 5) is 22.2. The van der Waals surface area contributed by atoms with Crippen molar-refractivity contribution in [1.29, 1.82) is 0 Å². The van der Waals surface area contributed by atoms with Crippen LogP contribution in [0.2, 0.25) is 0 Å². The van der Waals surface area contributed by atoms with Crippen molar-refractivity contribution in [1.82, 2.24) is 0 Å². The van der Waals surface area contributed by atoms with Gasteiger partial charge in [0, 0.05) is 16.6 Å². The Bertz CT molecular complexity index is 752. The normalized spacial score (nSPS) is 10.1. The Morgan fingerprint density at radius 3 is 2.68 bits per heavy atom. The Morgan fingerprint density at radius 2 is 2.05 bits per heavy atom. The Balaban J connectivity index is 2.33. The summed E-state index contributed by atoms with van der Waals surface area (Å²) in [6.45, 7) is 0. The third kappa shape index (κ3) is 3.40. The average Bonchev–Trinajstić information content (AvgIpc) is 2.49. The highest BCUT2D eigenvalue weighted by atomic mass is 79.9. The molecule has 8 heteroatoms. The first-order valence-corrected chi connectivity index (χ1v) is 6.80. The molecule has 0 aliphatic rings. The number of halogens is 2. The van der Waals surface area contributed by atoms with Crippen LogP contribution in [0.25, 0.3) is 0 Å². The number of benzene rings is 2. The summed E-state index contributed by atoms with van der Waals surface area (Å²) >= 11 is 3.21. The molecule has 0 spiro atoms. The van der Waals surface area contributed by atoms with Gasteiger partial charge in [-0.2, -0.15) is 0 Å². The van der Waals surface area contributed by atoms with Crippen LogP contribution >= 0.6 is 15.9 Å². The summed E-state index contributed by atoms with van der Waals surface area (Å²) in [5, 5.41) is 13.0. The molecule has 2 rings (SSSR count). The lowest BCUT2D eigenvalue weighted by molar-refractivity contribution is -0.384. The maximum Gasteiger partial charge on any atom is 0.271 e. The first kappa shape index (κ1) is 15.9. The SMILES string of the molecule is COc1ccc(Br)c(C(=O)Nc2cc([N+](=O)[O-])ccc2F)c1. The van der Waals surface area contributed by atoms with Gasteiger partial charge in [-0.3, -0.25) is 14.9 Å². The molecule has 0 aliphatic carbocycles. The van der Waals surface area contributed by atoms with Crippen molar-refractivity contribution in [3.05, 3.63) is 62.4 Å². The van der Waals surface area contributed by atoms with E-state index in [0.717, 1.165) is 18.2 Å². The maximum atomic E-state index is 13.7. The van der Waals surface area contributed by atoms with E-state index in [1.54, 1.807) is 12.1 Å². The van der Waals surface area contributed by atoms with Crippen LogP contribution in [0.3, 0.4) is 0 Å². The van der Waals surface area contributed by atoms with E-state index in [1.165, 1.54) is 13.2 Å². The summed E-state index contributed by atoms with van der Waals surface area (Å²) in [5.41, 5.74) is -0.374. The number of nitro groups is 1. The topological polar surface area (TPSA) is 81.5 Å². The fourth-order valence-corrected chi connectivity index (χ4v) is 2.14. The van der Waals surface area contributed by atoms with Gasteiger partial charge >= 0.3 is 0 Å². The van der Waals surface area contributed by atoms with Gasteiger partial charge in [-0.25, -0.2) is 4.39 Å². The highest BCUT2D eigenvalue weighted by Crippen LogP contribution is 2.25. The van der Waals surface area contributed by atoms with Gasteiger partial charge in [0.05, 0.1) is 23.3 Å². The number of nitrogens with one attached hydrogen (secondary N) is 1. The van der Waals surface area contributed by atoms with E-state index in [0.29, 0.717) is 10.2 Å². The molecule has 114 valence electrons. The first-order chi connectivity index (χ1) is 10.4. The number of rotatable bonds is 4. The van der Waals surface area contributed by atoms with Crippen LogP contribution in [0.4, 0.5) is 15.8 Å². The number of ether oxygens (including phenoxy) is 1. The van der Waals surface area contributed by atoms with Crippen LogP contribution in [-0.2, 0) is 0 Å². The van der Waals surface area contributed by atoms with E-state index >= 15 is 0 Å². The van der Waals surface area contributed by atoms with Gasteiger partial charge in [0.25, 0.3) is 11.6 Å². The number of nitrogens with zero attached hydrogens (tertiary/aromatic N) is 1. The first-order valence-electron chi connectivity index (χ1n) is 6.01. The minimum Gasteiger partial charge on any atom is -0.497 e. The second kappa shape index (κ2) is 6.52. The number of carbonyl (C=O) groups is 1. The van der Waals surface area contributed by atoms with Gasteiger partial charge in [-0.1, -0.05) is 0 Å². The van der Waals surface area contributed by atoms with Crippen LogP contribution in [0.15, 0.2) is 40.9 Å².